The molecule has 0 aliphatic heterocycles. The highest BCUT2D eigenvalue weighted by Crippen LogP contribution is 2.08. The van der Waals surface area contributed by atoms with Crippen molar-refractivity contribution < 1.29 is 9.47 Å². The normalized spacial score (nSPS) is 13.8. The largest absolute Gasteiger partial charge is 0.353 e. The van der Waals surface area contributed by atoms with E-state index in [-0.39, 0.29) is 6.29 Å². The lowest BCUT2D eigenvalue weighted by molar-refractivity contribution is -0.122. The van der Waals surface area contributed by atoms with Gasteiger partial charge in [-0.3, -0.25) is 0 Å². The third-order valence-corrected chi connectivity index (χ3v) is 2.36. The standard InChI is InChI=1S/C9H20O2S/c1-5-10-9(4)11-6-7-12-8(2)3/h8-9H,5-7H2,1-4H3. The molecule has 0 saturated heterocycles. The fourth-order valence-corrected chi connectivity index (χ4v) is 1.44. The van der Waals surface area contributed by atoms with Crippen molar-refractivity contribution in [2.24, 2.45) is 0 Å². The van der Waals surface area contributed by atoms with Gasteiger partial charge in [-0.2, -0.15) is 11.8 Å². The molecule has 1 unspecified atom stereocenters. The SMILES string of the molecule is CCOC(C)OCCSC(C)C. The molecule has 12 heavy (non-hydrogen) atoms. The van der Waals surface area contributed by atoms with Gasteiger partial charge in [-0.05, 0) is 19.1 Å². The molecule has 0 fully saturated rings. The zero-order chi connectivity index (χ0) is 9.40. The van der Waals surface area contributed by atoms with Gasteiger partial charge in [-0.25, -0.2) is 0 Å². The maximum absolute atomic E-state index is 5.39. The first-order valence-electron chi connectivity index (χ1n) is 4.51. The molecule has 0 aromatic rings. The van der Waals surface area contributed by atoms with Gasteiger partial charge in [0.05, 0.1) is 6.61 Å². The van der Waals surface area contributed by atoms with E-state index in [0.717, 1.165) is 19.0 Å². The first-order valence-corrected chi connectivity index (χ1v) is 5.56. The lowest BCUT2D eigenvalue weighted by atomic mass is 10.6. The molecule has 0 amide bonds. The second-order valence-corrected chi connectivity index (χ2v) is 4.50. The van der Waals surface area contributed by atoms with Gasteiger partial charge in [0.2, 0.25) is 0 Å². The molecule has 1 atom stereocenters. The zero-order valence-electron chi connectivity index (χ0n) is 8.50. The Balaban J connectivity index is 3.08. The smallest absolute Gasteiger partial charge is 0.154 e. The van der Waals surface area contributed by atoms with Gasteiger partial charge >= 0.3 is 0 Å². The van der Waals surface area contributed by atoms with Crippen LogP contribution in [-0.2, 0) is 9.47 Å². The molecule has 0 aromatic heterocycles. The van der Waals surface area contributed by atoms with Gasteiger partial charge < -0.3 is 9.47 Å². The Morgan fingerprint density at radius 2 is 1.83 bits per heavy atom. The second kappa shape index (κ2) is 7.90. The van der Waals surface area contributed by atoms with Crippen LogP contribution < -0.4 is 0 Å². The highest BCUT2D eigenvalue weighted by atomic mass is 32.2. The van der Waals surface area contributed by atoms with Crippen LogP contribution in [-0.4, -0.2) is 30.5 Å². The predicted octanol–water partition coefficient (Wildman–Crippen LogP) is 2.53. The van der Waals surface area contributed by atoms with Crippen molar-refractivity contribution in [2.75, 3.05) is 19.0 Å². The van der Waals surface area contributed by atoms with Crippen LogP contribution in [0.5, 0.6) is 0 Å². The molecular weight excluding hydrogens is 172 g/mol. The maximum Gasteiger partial charge on any atom is 0.154 e. The summed E-state index contributed by atoms with van der Waals surface area (Å²) < 4.78 is 10.6. The maximum atomic E-state index is 5.39. The van der Waals surface area contributed by atoms with Gasteiger partial charge in [-0.15, -0.1) is 0 Å². The van der Waals surface area contributed by atoms with Crippen LogP contribution in [0.4, 0.5) is 0 Å². The topological polar surface area (TPSA) is 18.5 Å². The van der Waals surface area contributed by atoms with E-state index in [1.165, 1.54) is 0 Å². The van der Waals surface area contributed by atoms with Crippen LogP contribution in [0, 0.1) is 0 Å². The van der Waals surface area contributed by atoms with E-state index >= 15 is 0 Å². The van der Waals surface area contributed by atoms with Gasteiger partial charge in [0.1, 0.15) is 0 Å². The summed E-state index contributed by atoms with van der Waals surface area (Å²) in [6, 6.07) is 0. The third-order valence-electron chi connectivity index (χ3n) is 1.29. The molecule has 74 valence electrons. The Labute approximate surface area is 80.0 Å². The van der Waals surface area contributed by atoms with E-state index in [1.54, 1.807) is 0 Å². The van der Waals surface area contributed by atoms with E-state index in [4.69, 9.17) is 9.47 Å². The van der Waals surface area contributed by atoms with Crippen LogP contribution in [0.25, 0.3) is 0 Å². The Kier molecular flexibility index (Phi) is 8.07. The average molecular weight is 192 g/mol. The molecule has 3 heteroatoms. The van der Waals surface area contributed by atoms with Crippen LogP contribution in [0.15, 0.2) is 0 Å². The first-order chi connectivity index (χ1) is 5.66. The summed E-state index contributed by atoms with van der Waals surface area (Å²) >= 11 is 1.91. The molecule has 0 saturated carbocycles. The summed E-state index contributed by atoms with van der Waals surface area (Å²) in [4.78, 5) is 0. The molecule has 0 rings (SSSR count). The molecular formula is C9H20O2S. The van der Waals surface area contributed by atoms with Crippen molar-refractivity contribution in [1.82, 2.24) is 0 Å². The molecule has 0 aliphatic rings. The van der Waals surface area contributed by atoms with Crippen LogP contribution in [0.3, 0.4) is 0 Å². The van der Waals surface area contributed by atoms with Gasteiger partial charge in [0, 0.05) is 12.4 Å². The minimum Gasteiger partial charge on any atom is -0.353 e. The number of rotatable bonds is 7. The Bertz CT molecular complexity index is 96.5. The second-order valence-electron chi connectivity index (χ2n) is 2.81. The summed E-state index contributed by atoms with van der Waals surface area (Å²) in [6.07, 6.45) is -0.0530. The molecule has 0 heterocycles. The number of ether oxygens (including phenoxy) is 2. The monoisotopic (exact) mass is 192 g/mol. The lowest BCUT2D eigenvalue weighted by Gasteiger charge is -2.12. The van der Waals surface area contributed by atoms with E-state index in [2.05, 4.69) is 13.8 Å². The van der Waals surface area contributed by atoms with E-state index in [1.807, 2.05) is 25.6 Å². The molecule has 0 aromatic carbocycles. The quantitative estimate of drug-likeness (QED) is 0.456. The Morgan fingerprint density at radius 3 is 2.33 bits per heavy atom. The minimum atomic E-state index is -0.0530. The van der Waals surface area contributed by atoms with E-state index in [9.17, 15) is 0 Å². The number of hydrogen-bond acceptors (Lipinski definition) is 3. The Morgan fingerprint density at radius 1 is 1.17 bits per heavy atom. The summed E-state index contributed by atoms with van der Waals surface area (Å²) in [6.45, 7) is 9.79. The summed E-state index contributed by atoms with van der Waals surface area (Å²) in [5, 5.41) is 0.691. The van der Waals surface area contributed by atoms with Crippen LogP contribution in [0.2, 0.25) is 0 Å². The van der Waals surface area contributed by atoms with Crippen LogP contribution in [0.1, 0.15) is 27.7 Å². The summed E-state index contributed by atoms with van der Waals surface area (Å²) in [5.41, 5.74) is 0. The van der Waals surface area contributed by atoms with Gasteiger partial charge in [-0.1, -0.05) is 13.8 Å². The van der Waals surface area contributed by atoms with Gasteiger partial charge in [0.15, 0.2) is 6.29 Å². The fraction of sp³-hybridized carbons (Fsp3) is 1.00. The van der Waals surface area contributed by atoms with Crippen molar-refractivity contribution in [3.63, 3.8) is 0 Å². The summed E-state index contributed by atoms with van der Waals surface area (Å²) in [5.74, 6) is 1.05. The molecule has 2 nitrogen and oxygen atoms in total. The van der Waals surface area contributed by atoms with E-state index < -0.39 is 0 Å². The van der Waals surface area contributed by atoms with Crippen molar-refractivity contribution >= 4 is 11.8 Å². The van der Waals surface area contributed by atoms with Crippen LogP contribution >= 0.6 is 11.8 Å². The predicted molar refractivity (Wildman–Crippen MR) is 54.6 cm³/mol. The van der Waals surface area contributed by atoms with Crippen molar-refractivity contribution in [2.45, 2.75) is 39.2 Å². The molecule has 0 N–H and O–H groups in total. The average Bonchev–Trinajstić information content (AvgIpc) is 1.98. The lowest BCUT2D eigenvalue weighted by Crippen LogP contribution is -2.14. The summed E-state index contributed by atoms with van der Waals surface area (Å²) in [7, 11) is 0. The molecule has 0 bridgehead atoms. The fourth-order valence-electron chi connectivity index (χ4n) is 0.781. The molecule has 0 aliphatic carbocycles. The zero-order valence-corrected chi connectivity index (χ0v) is 9.32. The molecule has 0 spiro atoms. The Hall–Kier alpha value is 0.270. The van der Waals surface area contributed by atoms with Gasteiger partial charge in [0.25, 0.3) is 0 Å². The number of thioether (sulfide) groups is 1. The third kappa shape index (κ3) is 8.37. The first kappa shape index (κ1) is 12.3. The highest BCUT2D eigenvalue weighted by molar-refractivity contribution is 7.99. The highest BCUT2D eigenvalue weighted by Gasteiger charge is 2.00. The van der Waals surface area contributed by atoms with Crippen molar-refractivity contribution in [1.29, 1.82) is 0 Å². The van der Waals surface area contributed by atoms with Crippen molar-refractivity contribution in [3.8, 4) is 0 Å². The van der Waals surface area contributed by atoms with E-state index in [0.29, 0.717) is 5.25 Å². The molecule has 0 radical (unpaired) electrons. The van der Waals surface area contributed by atoms with Crippen molar-refractivity contribution in [3.05, 3.63) is 0 Å². The minimum absolute atomic E-state index is 0.0530. The number of hydrogen-bond donors (Lipinski definition) is 0.